The fourth-order valence-electron chi connectivity index (χ4n) is 2.21. The van der Waals surface area contributed by atoms with Gasteiger partial charge in [0.15, 0.2) is 0 Å². The Morgan fingerprint density at radius 2 is 1.48 bits per heavy atom. The van der Waals surface area contributed by atoms with Gasteiger partial charge in [0, 0.05) is 0 Å². The normalized spacial score (nSPS) is 12.6. The van der Waals surface area contributed by atoms with Crippen LogP contribution in [0, 0.1) is 11.3 Å². The topological polar surface area (TPSA) is 222 Å². The van der Waals surface area contributed by atoms with E-state index in [2.05, 4.69) is 20.8 Å². The average molecular weight is 469 g/mol. The minimum atomic E-state index is -4.32. The van der Waals surface area contributed by atoms with E-state index in [9.17, 15) is 27.0 Å². The first-order valence-corrected chi connectivity index (χ1v) is 11.3. The van der Waals surface area contributed by atoms with Gasteiger partial charge in [-0.3, -0.25) is 14.5 Å². The number of rotatable bonds is 7. The number of hydrogen-bond donors (Lipinski definition) is 5. The van der Waals surface area contributed by atoms with Gasteiger partial charge in [0.2, 0.25) is 0 Å². The molecule has 31 heavy (non-hydrogen) atoms. The molecule has 164 valence electrons. The Hall–Kier alpha value is -3.58. The molecule has 2 aromatic carbocycles. The number of phenolic OH excluding ortho intramolecular Hbond substituents is 2. The number of benzene rings is 2. The zero-order valence-corrected chi connectivity index (χ0v) is 17.0. The van der Waals surface area contributed by atoms with Crippen LogP contribution in [0.25, 0.3) is 0 Å². The number of hydrazone groups is 1. The van der Waals surface area contributed by atoms with Gasteiger partial charge in [-0.05, 0) is 35.4 Å². The maximum absolute atomic E-state index is 11.0. The molecule has 2 aromatic rings. The molecule has 0 heterocycles. The first kappa shape index (κ1) is 23.7. The molecule has 0 aromatic heterocycles. The Morgan fingerprint density at radius 3 is 2.03 bits per heavy atom. The van der Waals surface area contributed by atoms with Crippen molar-refractivity contribution in [1.82, 2.24) is 0 Å². The Labute approximate surface area is 176 Å². The summed E-state index contributed by atoms with van der Waals surface area (Å²) in [6, 6.07) is 8.63. The lowest BCUT2D eigenvalue weighted by Gasteiger charge is -2.06. The molecule has 15 heteroatoms. The fraction of sp³-hybridized carbons (Fsp3) is 0.125. The largest absolute Gasteiger partial charge is 0.506 e. The molecule has 0 spiro atoms. The highest BCUT2D eigenvalue weighted by molar-refractivity contribution is 7.85. The van der Waals surface area contributed by atoms with E-state index in [-0.39, 0.29) is 34.0 Å². The van der Waals surface area contributed by atoms with E-state index in [1.54, 1.807) is 6.07 Å². The van der Waals surface area contributed by atoms with E-state index in [0.717, 1.165) is 18.2 Å². The van der Waals surface area contributed by atoms with Crippen LogP contribution in [0.5, 0.6) is 11.5 Å². The molecular weight excluding hydrogens is 454 g/mol. The van der Waals surface area contributed by atoms with E-state index in [1.165, 1.54) is 18.2 Å². The lowest BCUT2D eigenvalue weighted by atomic mass is 10.2. The molecule has 0 bridgehead atoms. The zero-order chi connectivity index (χ0) is 23.2. The lowest BCUT2D eigenvalue weighted by Crippen LogP contribution is -2.02. The number of anilines is 1. The van der Waals surface area contributed by atoms with Crippen molar-refractivity contribution in [2.24, 2.45) is 15.3 Å². The highest BCUT2D eigenvalue weighted by atomic mass is 32.2. The molecule has 13 nitrogen and oxygen atoms in total. The van der Waals surface area contributed by atoms with Crippen molar-refractivity contribution in [2.75, 3.05) is 5.43 Å². The Bertz CT molecular complexity index is 1300. The number of hydrogen-bond acceptors (Lipinski definition) is 10. The molecule has 5 N–H and O–H groups in total. The Morgan fingerprint density at radius 1 is 0.935 bits per heavy atom. The molecule has 0 amide bonds. The first-order valence-electron chi connectivity index (χ1n) is 8.06. The molecule has 0 radical (unpaired) electrons. The molecule has 0 saturated heterocycles. The summed E-state index contributed by atoms with van der Waals surface area (Å²) in [7, 11) is -8.63. The average Bonchev–Trinajstić information content (AvgIpc) is 2.64. The van der Waals surface area contributed by atoms with E-state index in [0.29, 0.717) is 0 Å². The highest BCUT2D eigenvalue weighted by Gasteiger charge is 2.11. The van der Waals surface area contributed by atoms with Crippen LogP contribution in [-0.4, -0.2) is 42.0 Å². The van der Waals surface area contributed by atoms with Crippen molar-refractivity contribution in [1.29, 1.82) is 5.26 Å². The van der Waals surface area contributed by atoms with Crippen LogP contribution >= 0.6 is 0 Å². The quantitative estimate of drug-likeness (QED) is 0.0988. The van der Waals surface area contributed by atoms with E-state index < -0.39 is 37.6 Å². The smallest absolute Gasteiger partial charge is 0.270 e. The number of azo groups is 1. The third kappa shape index (κ3) is 7.98. The summed E-state index contributed by atoms with van der Waals surface area (Å²) in [6.45, 7) is 0. The highest BCUT2D eigenvalue weighted by Crippen LogP contribution is 2.28. The second kappa shape index (κ2) is 9.49. The lowest BCUT2D eigenvalue weighted by molar-refractivity contribution is 0.474. The van der Waals surface area contributed by atoms with Gasteiger partial charge >= 0.3 is 0 Å². The monoisotopic (exact) mass is 469 g/mol. The predicted octanol–water partition coefficient (Wildman–Crippen LogP) is 1.91. The maximum atomic E-state index is 11.0. The van der Waals surface area contributed by atoms with Crippen LogP contribution in [0.1, 0.15) is 11.1 Å². The molecule has 2 rings (SSSR count). The van der Waals surface area contributed by atoms with Crippen molar-refractivity contribution in [3.8, 4) is 17.6 Å². The molecule has 0 aliphatic rings. The number of aromatic hydroxyl groups is 2. The summed E-state index contributed by atoms with van der Waals surface area (Å²) in [5.74, 6) is -2.73. The molecule has 0 saturated carbocycles. The summed E-state index contributed by atoms with van der Waals surface area (Å²) < 4.78 is 61.6. The number of nitriles is 1. The van der Waals surface area contributed by atoms with Crippen molar-refractivity contribution in [3.63, 3.8) is 0 Å². The maximum Gasteiger partial charge on any atom is 0.270 e. The van der Waals surface area contributed by atoms with Crippen molar-refractivity contribution < 1.29 is 36.2 Å². The van der Waals surface area contributed by atoms with Crippen LogP contribution in [0.3, 0.4) is 0 Å². The summed E-state index contributed by atoms with van der Waals surface area (Å²) in [5.41, 5.74) is 2.22. The molecular formula is C16H15N5O8S2. The van der Waals surface area contributed by atoms with Gasteiger partial charge in [-0.15, -0.1) is 15.3 Å². The molecule has 0 unspecified atom stereocenters. The van der Waals surface area contributed by atoms with Gasteiger partial charge in [0.05, 0.1) is 5.69 Å². The van der Waals surface area contributed by atoms with E-state index in [4.69, 9.17) is 14.4 Å². The molecule has 0 aliphatic carbocycles. The van der Waals surface area contributed by atoms with Crippen molar-refractivity contribution >= 4 is 37.4 Å². The summed E-state index contributed by atoms with van der Waals surface area (Å²) in [5, 5.41) is 39.4. The molecule has 0 aliphatic heterocycles. The third-order valence-corrected chi connectivity index (χ3v) is 4.83. The predicted molar refractivity (Wildman–Crippen MR) is 108 cm³/mol. The SMILES string of the molecule is N#CC(/N=N/c1cc(CS(=O)(=O)O)ccc1O)=N\Nc1cc(CS(=O)(=O)O)ccc1O. The van der Waals surface area contributed by atoms with Crippen LogP contribution in [0.4, 0.5) is 11.4 Å². The Balaban J connectivity index is 2.24. The number of phenols is 2. The van der Waals surface area contributed by atoms with Crippen LogP contribution in [0.2, 0.25) is 0 Å². The van der Waals surface area contributed by atoms with Gasteiger partial charge < -0.3 is 10.2 Å². The first-order chi connectivity index (χ1) is 14.4. The van der Waals surface area contributed by atoms with Gasteiger partial charge in [-0.25, -0.2) is 0 Å². The van der Waals surface area contributed by atoms with Gasteiger partial charge in [0.1, 0.15) is 34.8 Å². The van der Waals surface area contributed by atoms with Crippen molar-refractivity contribution in [2.45, 2.75) is 11.5 Å². The molecule has 0 fully saturated rings. The Kier molecular flexibility index (Phi) is 7.25. The number of amidine groups is 1. The fourth-order valence-corrected chi connectivity index (χ4v) is 3.41. The number of nitrogens with zero attached hydrogens (tertiary/aromatic N) is 4. The number of nitrogens with one attached hydrogen (secondary N) is 1. The van der Waals surface area contributed by atoms with E-state index in [1.807, 2.05) is 0 Å². The standard InChI is InChI=1S/C16H15N5O8S2/c17-7-16(20-18-12-5-10(1-3-14(12)22)8-30(24,25)26)21-19-13-6-11(2-4-15(13)23)9-31(27,28)29/h1-6,18,22-23H,8-9H2,(H,24,25,26)(H,27,28,29)/b20-16+,21-19+. The van der Waals surface area contributed by atoms with Crippen LogP contribution < -0.4 is 5.43 Å². The minimum Gasteiger partial charge on any atom is -0.506 e. The zero-order valence-electron chi connectivity index (χ0n) is 15.4. The second-order valence-electron chi connectivity index (χ2n) is 5.99. The summed E-state index contributed by atoms with van der Waals surface area (Å²) >= 11 is 0. The van der Waals surface area contributed by atoms with Gasteiger partial charge in [-0.1, -0.05) is 12.1 Å². The summed E-state index contributed by atoms with van der Waals surface area (Å²) in [4.78, 5) is 0. The third-order valence-electron chi connectivity index (χ3n) is 3.43. The van der Waals surface area contributed by atoms with Crippen LogP contribution in [-0.2, 0) is 31.7 Å². The minimum absolute atomic E-state index is 0.0953. The van der Waals surface area contributed by atoms with Crippen molar-refractivity contribution in [3.05, 3.63) is 47.5 Å². The molecule has 0 atom stereocenters. The second-order valence-corrected chi connectivity index (χ2v) is 8.89. The van der Waals surface area contributed by atoms with E-state index >= 15 is 0 Å². The summed E-state index contributed by atoms with van der Waals surface area (Å²) in [6.07, 6.45) is 0. The van der Waals surface area contributed by atoms with Gasteiger partial charge in [0.25, 0.3) is 26.1 Å². The van der Waals surface area contributed by atoms with Crippen LogP contribution in [0.15, 0.2) is 51.7 Å². The van der Waals surface area contributed by atoms with Gasteiger partial charge in [-0.2, -0.15) is 22.1 Å².